The van der Waals surface area contributed by atoms with Crippen LogP contribution in [-0.4, -0.2) is 26.4 Å². The number of hydrogen-bond donors (Lipinski definition) is 2. The van der Waals surface area contributed by atoms with E-state index in [1.165, 1.54) is 10.3 Å². The molecule has 1 saturated carbocycles. The van der Waals surface area contributed by atoms with Gasteiger partial charge >= 0.3 is 5.97 Å². The maximum atomic E-state index is 14.0. The fourth-order valence-corrected chi connectivity index (χ4v) is 4.76. The molecule has 1 heterocycles. The molecule has 1 atom stereocenters. The standard InChI is InChI=1S/C26H28ClF2N3O2/c1-3-17(25(33)34)9-10-21(18-7-8-18)26(11-12-26)30-15-20-22(31-32(2)23(20)24(28)29)14-16-5-4-6-19(27)13-16/h3-7,9-10,13,21,24,30H,8,11-12,14-15H2,1-2H3,(H,33,34). The maximum absolute atomic E-state index is 14.0. The lowest BCUT2D eigenvalue weighted by atomic mass is 9.92. The van der Waals surface area contributed by atoms with Gasteiger partial charge in [-0.05, 0) is 43.9 Å². The van der Waals surface area contributed by atoms with Crippen LogP contribution in [0.2, 0.25) is 5.02 Å². The fourth-order valence-electron chi connectivity index (χ4n) is 4.55. The van der Waals surface area contributed by atoms with Crippen LogP contribution in [0.3, 0.4) is 0 Å². The third-order valence-corrected chi connectivity index (χ3v) is 6.85. The normalized spacial score (nSPS) is 17.8. The first-order chi connectivity index (χ1) is 16.2. The predicted octanol–water partition coefficient (Wildman–Crippen LogP) is 5.76. The van der Waals surface area contributed by atoms with Crippen molar-refractivity contribution in [1.29, 1.82) is 0 Å². The number of hydrogen-bond acceptors (Lipinski definition) is 3. The second kappa shape index (κ2) is 9.84. The third-order valence-electron chi connectivity index (χ3n) is 6.61. The highest BCUT2D eigenvalue weighted by molar-refractivity contribution is 6.30. The highest BCUT2D eigenvalue weighted by atomic mass is 35.5. The van der Waals surface area contributed by atoms with Crippen molar-refractivity contribution in [1.82, 2.24) is 15.1 Å². The molecule has 0 aliphatic heterocycles. The van der Waals surface area contributed by atoms with Gasteiger partial charge in [-0.1, -0.05) is 53.6 Å². The number of benzene rings is 1. The number of aliphatic carboxylic acids is 1. The molecule has 2 N–H and O–H groups in total. The van der Waals surface area contributed by atoms with E-state index in [4.69, 9.17) is 11.6 Å². The van der Waals surface area contributed by atoms with Crippen molar-refractivity contribution in [2.24, 2.45) is 13.0 Å². The third kappa shape index (κ3) is 5.31. The highest BCUT2D eigenvalue weighted by Crippen LogP contribution is 2.50. The van der Waals surface area contributed by atoms with Crippen LogP contribution in [0.4, 0.5) is 8.78 Å². The van der Waals surface area contributed by atoms with Gasteiger partial charge in [0, 0.05) is 42.1 Å². The first kappa shape index (κ1) is 24.4. The number of allylic oxidation sites excluding steroid dienone is 2. The van der Waals surface area contributed by atoms with Crippen LogP contribution in [-0.2, 0) is 24.8 Å². The molecule has 34 heavy (non-hydrogen) atoms. The van der Waals surface area contributed by atoms with Gasteiger partial charge in [0.1, 0.15) is 5.69 Å². The summed E-state index contributed by atoms with van der Waals surface area (Å²) in [6.07, 6.45) is 7.72. The van der Waals surface area contributed by atoms with Gasteiger partial charge in [-0.2, -0.15) is 5.10 Å². The molecule has 1 aromatic heterocycles. The molecule has 8 heteroatoms. The number of alkyl halides is 2. The lowest BCUT2D eigenvalue weighted by Gasteiger charge is -2.25. The number of halogens is 3. The number of nitrogens with one attached hydrogen (secondary N) is 1. The number of nitrogens with zero attached hydrogens (tertiary/aromatic N) is 2. The Morgan fingerprint density at radius 3 is 2.68 bits per heavy atom. The van der Waals surface area contributed by atoms with Crippen molar-refractivity contribution in [3.8, 4) is 0 Å². The second-order valence-corrected chi connectivity index (χ2v) is 9.36. The molecule has 1 aromatic carbocycles. The zero-order valence-electron chi connectivity index (χ0n) is 19.2. The van der Waals surface area contributed by atoms with E-state index < -0.39 is 12.4 Å². The predicted molar refractivity (Wildman–Crippen MR) is 128 cm³/mol. The van der Waals surface area contributed by atoms with Crippen molar-refractivity contribution >= 4 is 17.6 Å². The van der Waals surface area contributed by atoms with Gasteiger partial charge in [-0.25, -0.2) is 13.6 Å². The van der Waals surface area contributed by atoms with Crippen LogP contribution in [0.1, 0.15) is 55.1 Å². The van der Waals surface area contributed by atoms with E-state index in [0.717, 1.165) is 24.8 Å². The first-order valence-electron chi connectivity index (χ1n) is 11.3. The lowest BCUT2D eigenvalue weighted by molar-refractivity contribution is -0.132. The van der Waals surface area contributed by atoms with E-state index in [-0.39, 0.29) is 29.3 Å². The quantitative estimate of drug-likeness (QED) is 0.240. The van der Waals surface area contributed by atoms with Crippen LogP contribution < -0.4 is 5.32 Å². The summed E-state index contributed by atoms with van der Waals surface area (Å²) in [6, 6.07) is 7.34. The van der Waals surface area contributed by atoms with Crippen molar-refractivity contribution in [3.63, 3.8) is 0 Å². The number of carboxylic acids is 1. The number of carbonyl (C=O) groups is 1. The minimum atomic E-state index is -2.65. The van der Waals surface area contributed by atoms with Gasteiger partial charge in [-0.15, -0.1) is 0 Å². The van der Waals surface area contributed by atoms with E-state index in [1.807, 2.05) is 24.3 Å². The van der Waals surface area contributed by atoms with E-state index in [9.17, 15) is 18.7 Å². The Labute approximate surface area is 202 Å². The largest absolute Gasteiger partial charge is 0.478 e. The summed E-state index contributed by atoms with van der Waals surface area (Å²) in [5.74, 6) is -0.937. The summed E-state index contributed by atoms with van der Waals surface area (Å²) in [5, 5.41) is 17.9. The van der Waals surface area contributed by atoms with Crippen molar-refractivity contribution in [2.45, 2.75) is 51.1 Å². The Hall–Kier alpha value is -2.77. The Morgan fingerprint density at radius 2 is 2.12 bits per heavy atom. The molecule has 180 valence electrons. The molecule has 2 aromatic rings. The van der Waals surface area contributed by atoms with Gasteiger partial charge < -0.3 is 10.4 Å². The van der Waals surface area contributed by atoms with Gasteiger partial charge in [0.2, 0.25) is 0 Å². The molecule has 0 saturated heterocycles. The van der Waals surface area contributed by atoms with Crippen molar-refractivity contribution in [3.05, 3.63) is 87.3 Å². The zero-order chi connectivity index (χ0) is 24.5. The second-order valence-electron chi connectivity index (χ2n) is 8.92. The summed E-state index contributed by atoms with van der Waals surface area (Å²) >= 11 is 6.11. The average Bonchev–Trinajstić information content (AvgIpc) is 3.69. The van der Waals surface area contributed by atoms with Crippen LogP contribution in [0.5, 0.6) is 0 Å². The van der Waals surface area contributed by atoms with Gasteiger partial charge in [0.25, 0.3) is 6.43 Å². The molecule has 1 fully saturated rings. The minimum absolute atomic E-state index is 0.0323. The Bertz CT molecular complexity index is 1180. The molecule has 0 radical (unpaired) electrons. The summed E-state index contributed by atoms with van der Waals surface area (Å²) in [7, 11) is 1.55. The molecular formula is C26H28ClF2N3O2. The molecule has 5 nitrogen and oxygen atoms in total. The minimum Gasteiger partial charge on any atom is -0.478 e. The van der Waals surface area contributed by atoms with E-state index >= 15 is 0 Å². The Morgan fingerprint density at radius 1 is 1.38 bits per heavy atom. The molecule has 1 unspecified atom stereocenters. The molecular weight excluding hydrogens is 460 g/mol. The van der Waals surface area contributed by atoms with E-state index in [2.05, 4.69) is 16.5 Å². The van der Waals surface area contributed by atoms with Crippen LogP contribution >= 0.6 is 11.6 Å². The monoisotopic (exact) mass is 487 g/mol. The van der Waals surface area contributed by atoms with Gasteiger partial charge in [0.05, 0.1) is 11.3 Å². The number of aromatic nitrogens is 2. The summed E-state index contributed by atoms with van der Waals surface area (Å²) < 4.78 is 29.2. The Kier molecular flexibility index (Phi) is 7.05. The zero-order valence-corrected chi connectivity index (χ0v) is 19.9. The lowest BCUT2D eigenvalue weighted by Crippen LogP contribution is -2.37. The van der Waals surface area contributed by atoms with Gasteiger partial charge in [0.15, 0.2) is 0 Å². The molecule has 0 spiro atoms. The van der Waals surface area contributed by atoms with E-state index in [1.54, 1.807) is 32.2 Å². The summed E-state index contributed by atoms with van der Waals surface area (Å²) in [6.45, 7) is 1.95. The molecule has 2 aliphatic carbocycles. The fraction of sp³-hybridized carbons (Fsp3) is 0.385. The van der Waals surface area contributed by atoms with Crippen LogP contribution in [0.15, 0.2) is 59.7 Å². The van der Waals surface area contributed by atoms with Crippen molar-refractivity contribution < 1.29 is 18.7 Å². The summed E-state index contributed by atoms with van der Waals surface area (Å²) in [4.78, 5) is 11.4. The van der Waals surface area contributed by atoms with Crippen LogP contribution in [0.25, 0.3) is 0 Å². The highest BCUT2D eigenvalue weighted by Gasteiger charge is 2.50. The average molecular weight is 488 g/mol. The molecule has 0 bridgehead atoms. The summed E-state index contributed by atoms with van der Waals surface area (Å²) in [5.41, 5.74) is 3.16. The van der Waals surface area contributed by atoms with Gasteiger partial charge in [-0.3, -0.25) is 4.68 Å². The topological polar surface area (TPSA) is 67.2 Å². The number of aryl methyl sites for hydroxylation is 1. The maximum Gasteiger partial charge on any atom is 0.335 e. The van der Waals surface area contributed by atoms with Crippen LogP contribution in [0, 0.1) is 5.92 Å². The molecule has 2 aliphatic rings. The van der Waals surface area contributed by atoms with Crippen molar-refractivity contribution in [2.75, 3.05) is 0 Å². The Balaban J connectivity index is 1.58. The number of rotatable bonds is 11. The smallest absolute Gasteiger partial charge is 0.335 e. The molecule has 4 rings (SSSR count). The van der Waals surface area contributed by atoms with E-state index in [0.29, 0.717) is 22.7 Å². The molecule has 0 amide bonds. The number of carboxylic acid groups (broad SMARTS) is 1. The first-order valence-corrected chi connectivity index (χ1v) is 11.7. The SMILES string of the molecule is CC=C(C=CC(C1=CC1)C1(NCc2c(Cc3cccc(Cl)c3)nn(C)c2C(F)F)CC1)C(=O)O.